The predicted octanol–water partition coefficient (Wildman–Crippen LogP) is 7.16. The van der Waals surface area contributed by atoms with Gasteiger partial charge in [-0.05, 0) is 111 Å². The Morgan fingerprint density at radius 3 is 1.96 bits per heavy atom. The summed E-state index contributed by atoms with van der Waals surface area (Å²) in [6.45, 7) is 0.290. The maximum absolute atomic E-state index is 16.5. The average molecular weight is 790 g/mol. The van der Waals surface area contributed by atoms with Gasteiger partial charge in [0.25, 0.3) is 5.92 Å². The van der Waals surface area contributed by atoms with Gasteiger partial charge in [0.1, 0.15) is 11.5 Å². The number of benzene rings is 3. The summed E-state index contributed by atoms with van der Waals surface area (Å²) in [6, 6.07) is 10.6. The summed E-state index contributed by atoms with van der Waals surface area (Å²) in [5, 5.41) is 8.62. The maximum atomic E-state index is 16.5. The standard InChI is InChI=1S/C34H40ClF2N3O5S.C2HF3O2/c35-30-14-11-24(21-31(30)45-27-7-3-4-8-27)34(36,37)32(33(41)40-17-15-25(38)16-18-40)39-46(42,43)29-13-10-22-19-28(12-9-23(22)20-29)44-26-5-1-2-6-26;3-2(4,5)1(6)7/h9-14,19-21,25-27,32,39H,1-8,15-18,38H2;(H,6,7)/t32-;/m1./s1. The van der Waals surface area contributed by atoms with Gasteiger partial charge in [0, 0.05) is 24.7 Å². The molecule has 17 heteroatoms. The van der Waals surface area contributed by atoms with Gasteiger partial charge < -0.3 is 25.2 Å². The zero-order valence-electron chi connectivity index (χ0n) is 28.6. The highest BCUT2D eigenvalue weighted by atomic mass is 35.5. The molecule has 1 amide bonds. The van der Waals surface area contributed by atoms with Crippen LogP contribution < -0.4 is 19.9 Å². The normalized spacial score (nSPS) is 18.4. The van der Waals surface area contributed by atoms with Crippen LogP contribution in [-0.4, -0.2) is 73.9 Å². The molecular formula is C36H41ClF5N3O7S. The minimum Gasteiger partial charge on any atom is -0.490 e. The Hall–Kier alpha value is -3.73. The molecule has 2 aliphatic carbocycles. The molecule has 1 aliphatic heterocycles. The van der Waals surface area contributed by atoms with Crippen molar-refractivity contribution in [3.8, 4) is 11.5 Å². The van der Waals surface area contributed by atoms with Crippen LogP contribution in [0.1, 0.15) is 69.8 Å². The number of piperidine rings is 1. The van der Waals surface area contributed by atoms with E-state index < -0.39 is 45.6 Å². The number of fused-ring (bicyclic) bond motifs is 1. The van der Waals surface area contributed by atoms with Crippen molar-refractivity contribution in [2.24, 2.45) is 5.73 Å². The molecule has 3 aliphatic rings. The fourth-order valence-electron chi connectivity index (χ4n) is 6.60. The number of hydrogen-bond acceptors (Lipinski definition) is 7. The second-order valence-corrected chi connectivity index (χ2v) is 15.6. The average Bonchev–Trinajstić information content (AvgIpc) is 3.83. The summed E-state index contributed by atoms with van der Waals surface area (Å²) in [5.74, 6) is -6.96. The quantitative estimate of drug-likeness (QED) is 0.184. The first-order valence-corrected chi connectivity index (χ1v) is 19.2. The number of carboxylic acids is 1. The number of nitrogens with two attached hydrogens (primary N) is 1. The smallest absolute Gasteiger partial charge is 0.490 e. The Bertz CT molecular complexity index is 1880. The lowest BCUT2D eigenvalue weighted by molar-refractivity contribution is -0.192. The zero-order valence-corrected chi connectivity index (χ0v) is 30.2. The van der Waals surface area contributed by atoms with E-state index >= 15 is 8.78 Å². The summed E-state index contributed by atoms with van der Waals surface area (Å²) in [6.07, 6.45) is 3.57. The van der Waals surface area contributed by atoms with Crippen molar-refractivity contribution in [1.82, 2.24) is 9.62 Å². The van der Waals surface area contributed by atoms with E-state index in [-0.39, 0.29) is 47.0 Å². The first kappa shape index (κ1) is 40.5. The van der Waals surface area contributed by atoms with Gasteiger partial charge in [-0.25, -0.2) is 13.2 Å². The van der Waals surface area contributed by atoms with Crippen molar-refractivity contribution in [2.75, 3.05) is 13.1 Å². The minimum atomic E-state index is -5.08. The lowest BCUT2D eigenvalue weighted by Crippen LogP contribution is -2.58. The molecule has 0 radical (unpaired) electrons. The van der Waals surface area contributed by atoms with Crippen molar-refractivity contribution in [3.63, 3.8) is 0 Å². The zero-order chi connectivity index (χ0) is 38.6. The van der Waals surface area contributed by atoms with Crippen LogP contribution in [0.25, 0.3) is 10.8 Å². The molecule has 1 saturated heterocycles. The van der Waals surface area contributed by atoms with Gasteiger partial charge in [0.05, 0.1) is 22.1 Å². The number of halogens is 6. The van der Waals surface area contributed by atoms with Gasteiger partial charge in [-0.1, -0.05) is 29.8 Å². The van der Waals surface area contributed by atoms with Gasteiger partial charge in [-0.2, -0.15) is 26.7 Å². The highest BCUT2D eigenvalue weighted by molar-refractivity contribution is 7.89. The molecule has 2 saturated carbocycles. The molecule has 0 spiro atoms. The fraction of sp³-hybridized carbons (Fsp3) is 0.500. The van der Waals surface area contributed by atoms with E-state index in [0.717, 1.165) is 68.9 Å². The number of likely N-dealkylation sites (tertiary alicyclic amines) is 1. The number of amides is 1. The van der Waals surface area contributed by atoms with E-state index in [0.29, 0.717) is 24.0 Å². The van der Waals surface area contributed by atoms with Crippen LogP contribution >= 0.6 is 11.6 Å². The number of nitrogens with one attached hydrogen (secondary N) is 1. The molecule has 6 rings (SSSR count). The van der Waals surface area contributed by atoms with Crippen molar-refractivity contribution in [2.45, 2.75) is 105 Å². The highest BCUT2D eigenvalue weighted by Gasteiger charge is 2.50. The van der Waals surface area contributed by atoms with Crippen LogP contribution in [0, 0.1) is 0 Å². The van der Waals surface area contributed by atoms with Crippen molar-refractivity contribution in [3.05, 3.63) is 65.2 Å². The van der Waals surface area contributed by atoms with Crippen molar-refractivity contribution >= 4 is 44.3 Å². The number of nitrogens with zero attached hydrogens (tertiary/aromatic N) is 1. The third-order valence-corrected chi connectivity index (χ3v) is 11.3. The molecular weight excluding hydrogens is 749 g/mol. The van der Waals surface area contributed by atoms with Crippen LogP contribution in [-0.2, 0) is 25.5 Å². The summed E-state index contributed by atoms with van der Waals surface area (Å²) in [5.41, 5.74) is 5.41. The molecule has 53 heavy (non-hydrogen) atoms. The number of rotatable bonds is 10. The van der Waals surface area contributed by atoms with Crippen LogP contribution in [0.15, 0.2) is 59.5 Å². The monoisotopic (exact) mass is 789 g/mol. The van der Waals surface area contributed by atoms with Gasteiger partial charge >= 0.3 is 12.1 Å². The first-order chi connectivity index (χ1) is 24.9. The fourth-order valence-corrected chi connectivity index (χ4v) is 7.99. The molecule has 3 fully saturated rings. The number of hydrogen-bond donors (Lipinski definition) is 3. The highest BCUT2D eigenvalue weighted by Crippen LogP contribution is 2.39. The van der Waals surface area contributed by atoms with E-state index in [1.807, 2.05) is 6.07 Å². The Morgan fingerprint density at radius 1 is 0.830 bits per heavy atom. The Labute approximate surface area is 308 Å². The SMILES string of the molecule is NC1CCN(C(=O)[C@@H](NS(=O)(=O)c2ccc3cc(OC4CCCC4)ccc3c2)C(F)(F)c2ccc(Cl)c(OC3CCCC3)c2)CC1.O=C(O)C(F)(F)F. The second-order valence-electron chi connectivity index (χ2n) is 13.5. The van der Waals surface area contributed by atoms with Crippen molar-refractivity contribution < 1.29 is 54.5 Å². The van der Waals surface area contributed by atoms with Crippen molar-refractivity contribution in [1.29, 1.82) is 0 Å². The number of alkyl halides is 5. The predicted molar refractivity (Wildman–Crippen MR) is 187 cm³/mol. The number of sulfonamides is 1. The summed E-state index contributed by atoms with van der Waals surface area (Å²) < 4.78 is 106. The molecule has 3 aromatic carbocycles. The summed E-state index contributed by atoms with van der Waals surface area (Å²) in [4.78, 5) is 23.7. The number of carbonyl (C=O) groups excluding carboxylic acids is 1. The van der Waals surface area contributed by atoms with E-state index in [4.69, 9.17) is 36.7 Å². The summed E-state index contributed by atoms with van der Waals surface area (Å²) >= 11 is 6.31. The van der Waals surface area contributed by atoms with Gasteiger partial charge in [-0.3, -0.25) is 4.79 Å². The van der Waals surface area contributed by atoms with Gasteiger partial charge in [0.15, 0.2) is 6.04 Å². The molecule has 0 aromatic heterocycles. The maximum Gasteiger partial charge on any atom is 0.490 e. The lowest BCUT2D eigenvalue weighted by atomic mass is 9.98. The van der Waals surface area contributed by atoms with E-state index in [1.54, 1.807) is 18.2 Å². The Kier molecular flexibility index (Phi) is 12.8. The first-order valence-electron chi connectivity index (χ1n) is 17.4. The molecule has 290 valence electrons. The van der Waals surface area contributed by atoms with Crippen LogP contribution in [0.5, 0.6) is 11.5 Å². The molecule has 0 unspecified atom stereocenters. The van der Waals surface area contributed by atoms with Crippen LogP contribution in [0.3, 0.4) is 0 Å². The van der Waals surface area contributed by atoms with Gasteiger partial charge in [0.2, 0.25) is 15.9 Å². The number of carbonyl (C=O) groups is 2. The van der Waals surface area contributed by atoms with Crippen LogP contribution in [0.4, 0.5) is 22.0 Å². The number of ether oxygens (including phenoxy) is 2. The van der Waals surface area contributed by atoms with E-state index in [9.17, 15) is 26.4 Å². The molecule has 1 atom stereocenters. The second kappa shape index (κ2) is 16.7. The molecule has 1 heterocycles. The topological polar surface area (TPSA) is 148 Å². The molecule has 0 bridgehead atoms. The molecule has 4 N–H and O–H groups in total. The van der Waals surface area contributed by atoms with Gasteiger partial charge in [-0.15, -0.1) is 0 Å². The molecule has 3 aromatic rings. The number of aliphatic carboxylic acids is 1. The van der Waals surface area contributed by atoms with Crippen LogP contribution in [0.2, 0.25) is 5.02 Å². The minimum absolute atomic E-state index is 0.0783. The largest absolute Gasteiger partial charge is 0.490 e. The third-order valence-electron chi connectivity index (χ3n) is 9.59. The Balaban J connectivity index is 0.000000705. The third kappa shape index (κ3) is 10.3. The lowest BCUT2D eigenvalue weighted by Gasteiger charge is -2.35. The number of carboxylic acid groups (broad SMARTS) is 1. The summed E-state index contributed by atoms with van der Waals surface area (Å²) in [7, 11) is -4.59. The van der Waals surface area contributed by atoms with E-state index in [1.165, 1.54) is 23.1 Å². The molecule has 10 nitrogen and oxygen atoms in total. The van der Waals surface area contributed by atoms with E-state index in [2.05, 4.69) is 4.72 Å². The Morgan fingerprint density at radius 2 is 1.38 bits per heavy atom.